The topological polar surface area (TPSA) is 111 Å². The van der Waals surface area contributed by atoms with E-state index in [0.29, 0.717) is 27.9 Å². The Morgan fingerprint density at radius 2 is 1.68 bits per heavy atom. The van der Waals surface area contributed by atoms with Crippen molar-refractivity contribution in [3.63, 3.8) is 0 Å². The van der Waals surface area contributed by atoms with E-state index in [1.54, 1.807) is 42.5 Å². The zero-order valence-corrected chi connectivity index (χ0v) is 15.7. The van der Waals surface area contributed by atoms with Gasteiger partial charge in [-0.15, -0.1) is 0 Å². The maximum absolute atomic E-state index is 11.7. The third kappa shape index (κ3) is 4.21. The van der Waals surface area contributed by atoms with Crippen molar-refractivity contribution in [2.75, 3.05) is 24.9 Å². The van der Waals surface area contributed by atoms with Crippen LogP contribution in [0.1, 0.15) is 0 Å². The monoisotopic (exact) mass is 401 g/mol. The van der Waals surface area contributed by atoms with Crippen LogP contribution in [0.2, 0.25) is 5.02 Å². The second kappa shape index (κ2) is 8.40. The summed E-state index contributed by atoms with van der Waals surface area (Å²) in [6.07, 6.45) is 1.22. The number of halogens is 1. The summed E-state index contributed by atoms with van der Waals surface area (Å²) in [5.41, 5.74) is 0.736. The molecule has 9 nitrogen and oxygen atoms in total. The van der Waals surface area contributed by atoms with Crippen molar-refractivity contribution in [2.24, 2.45) is 0 Å². The predicted octanol–water partition coefficient (Wildman–Crippen LogP) is 4.54. The summed E-state index contributed by atoms with van der Waals surface area (Å²) in [7, 11) is 3.02. The minimum Gasteiger partial charge on any atom is -0.497 e. The fourth-order valence-corrected chi connectivity index (χ4v) is 2.57. The Balaban J connectivity index is 2.00. The maximum Gasteiger partial charge on any atom is 0.353 e. The molecule has 0 atom stereocenters. The van der Waals surface area contributed by atoms with Crippen molar-refractivity contribution in [2.45, 2.75) is 0 Å². The number of hydrogen-bond donors (Lipinski definition) is 2. The Hall–Kier alpha value is -3.59. The lowest BCUT2D eigenvalue weighted by Gasteiger charge is -2.13. The number of nitrogens with zero attached hydrogens (tertiary/aromatic N) is 3. The van der Waals surface area contributed by atoms with Gasteiger partial charge in [-0.2, -0.15) is 0 Å². The maximum atomic E-state index is 11.7. The van der Waals surface area contributed by atoms with Crippen LogP contribution in [0.25, 0.3) is 0 Å². The lowest BCUT2D eigenvalue weighted by molar-refractivity contribution is -0.383. The average Bonchev–Trinajstić information content (AvgIpc) is 2.69. The lowest BCUT2D eigenvalue weighted by atomic mass is 10.2. The molecule has 0 aliphatic carbocycles. The molecular formula is C18H16ClN5O4. The van der Waals surface area contributed by atoms with Gasteiger partial charge >= 0.3 is 5.69 Å². The van der Waals surface area contributed by atoms with Crippen LogP contribution in [0.3, 0.4) is 0 Å². The van der Waals surface area contributed by atoms with Crippen molar-refractivity contribution >= 4 is 40.3 Å². The van der Waals surface area contributed by atoms with Gasteiger partial charge in [0.2, 0.25) is 11.6 Å². The summed E-state index contributed by atoms with van der Waals surface area (Å²) < 4.78 is 10.5. The third-order valence-corrected chi connectivity index (χ3v) is 4.02. The first-order chi connectivity index (χ1) is 13.5. The van der Waals surface area contributed by atoms with E-state index in [4.69, 9.17) is 21.1 Å². The Bertz CT molecular complexity index is 998. The molecule has 1 aromatic heterocycles. The van der Waals surface area contributed by atoms with Crippen LogP contribution in [0.4, 0.5) is 28.7 Å². The third-order valence-electron chi connectivity index (χ3n) is 3.77. The number of rotatable bonds is 7. The van der Waals surface area contributed by atoms with Crippen LogP contribution in [0.5, 0.6) is 11.5 Å². The lowest BCUT2D eigenvalue weighted by Crippen LogP contribution is -2.06. The van der Waals surface area contributed by atoms with Crippen LogP contribution in [0, 0.1) is 10.1 Å². The van der Waals surface area contributed by atoms with Gasteiger partial charge in [0.05, 0.1) is 24.8 Å². The summed E-state index contributed by atoms with van der Waals surface area (Å²) in [5, 5.41) is 18.1. The molecule has 1 heterocycles. The molecule has 2 aromatic carbocycles. The largest absolute Gasteiger partial charge is 0.497 e. The zero-order valence-electron chi connectivity index (χ0n) is 15.0. The number of nitro groups is 1. The van der Waals surface area contributed by atoms with E-state index >= 15 is 0 Å². The SMILES string of the molecule is COc1ccc(OC)c(Nc2ncnc(Nc3ccc(Cl)cc3)c2[N+](=O)[O-])c1. The summed E-state index contributed by atoms with van der Waals surface area (Å²) in [5.74, 6) is 1.06. The molecule has 0 radical (unpaired) electrons. The van der Waals surface area contributed by atoms with E-state index in [1.807, 2.05) is 0 Å². The van der Waals surface area contributed by atoms with E-state index in [1.165, 1.54) is 20.5 Å². The van der Waals surface area contributed by atoms with Crippen molar-refractivity contribution in [3.8, 4) is 11.5 Å². The molecule has 10 heteroatoms. The van der Waals surface area contributed by atoms with Crippen molar-refractivity contribution in [1.29, 1.82) is 0 Å². The predicted molar refractivity (Wildman–Crippen MR) is 106 cm³/mol. The van der Waals surface area contributed by atoms with Gasteiger partial charge in [0.25, 0.3) is 0 Å². The van der Waals surface area contributed by atoms with Gasteiger partial charge in [-0.05, 0) is 36.4 Å². The average molecular weight is 402 g/mol. The van der Waals surface area contributed by atoms with Crippen LogP contribution < -0.4 is 20.1 Å². The first kappa shape index (κ1) is 19.2. The molecule has 3 rings (SSSR count). The van der Waals surface area contributed by atoms with Crippen LogP contribution in [-0.2, 0) is 0 Å². The second-order valence-corrected chi connectivity index (χ2v) is 5.94. The molecule has 144 valence electrons. The quantitative estimate of drug-likeness (QED) is 0.438. The molecule has 28 heavy (non-hydrogen) atoms. The Kier molecular flexibility index (Phi) is 5.75. The fraction of sp³-hybridized carbons (Fsp3) is 0.111. The van der Waals surface area contributed by atoms with E-state index in [0.717, 1.165) is 0 Å². The van der Waals surface area contributed by atoms with Crippen molar-refractivity contribution < 1.29 is 14.4 Å². The Morgan fingerprint density at radius 3 is 2.29 bits per heavy atom. The number of benzene rings is 2. The molecular weight excluding hydrogens is 386 g/mol. The first-order valence-corrected chi connectivity index (χ1v) is 8.40. The molecule has 2 N–H and O–H groups in total. The molecule has 0 amide bonds. The zero-order chi connectivity index (χ0) is 20.1. The van der Waals surface area contributed by atoms with Crippen LogP contribution >= 0.6 is 11.6 Å². The van der Waals surface area contributed by atoms with Crippen LogP contribution in [0.15, 0.2) is 48.8 Å². The smallest absolute Gasteiger partial charge is 0.353 e. The molecule has 0 saturated carbocycles. The number of hydrogen-bond acceptors (Lipinski definition) is 8. The van der Waals surface area contributed by atoms with Gasteiger partial charge in [0, 0.05) is 16.8 Å². The molecule has 0 bridgehead atoms. The second-order valence-electron chi connectivity index (χ2n) is 5.50. The van der Waals surface area contributed by atoms with E-state index in [9.17, 15) is 10.1 Å². The van der Waals surface area contributed by atoms with Crippen molar-refractivity contribution in [3.05, 3.63) is 63.9 Å². The number of methoxy groups -OCH3 is 2. The molecule has 0 spiro atoms. The minimum atomic E-state index is -0.562. The van der Waals surface area contributed by atoms with Gasteiger partial charge in [-0.3, -0.25) is 10.1 Å². The van der Waals surface area contributed by atoms with Gasteiger partial charge in [0.15, 0.2) is 0 Å². The van der Waals surface area contributed by atoms with E-state index in [-0.39, 0.29) is 17.3 Å². The summed E-state index contributed by atoms with van der Waals surface area (Å²) in [6, 6.07) is 11.7. The molecule has 0 saturated heterocycles. The summed E-state index contributed by atoms with van der Waals surface area (Å²) >= 11 is 5.87. The number of anilines is 4. The minimum absolute atomic E-state index is 0.00279. The normalized spacial score (nSPS) is 10.2. The highest BCUT2D eigenvalue weighted by atomic mass is 35.5. The molecule has 3 aromatic rings. The highest BCUT2D eigenvalue weighted by Crippen LogP contribution is 2.37. The molecule has 0 fully saturated rings. The van der Waals surface area contributed by atoms with Crippen molar-refractivity contribution in [1.82, 2.24) is 9.97 Å². The van der Waals surface area contributed by atoms with E-state index < -0.39 is 4.92 Å². The fourth-order valence-electron chi connectivity index (χ4n) is 2.44. The van der Waals surface area contributed by atoms with Crippen LogP contribution in [-0.4, -0.2) is 29.1 Å². The number of aromatic nitrogens is 2. The highest BCUT2D eigenvalue weighted by Gasteiger charge is 2.24. The van der Waals surface area contributed by atoms with Gasteiger partial charge in [0.1, 0.15) is 17.8 Å². The first-order valence-electron chi connectivity index (χ1n) is 8.03. The summed E-state index contributed by atoms with van der Waals surface area (Å²) in [6.45, 7) is 0. The van der Waals surface area contributed by atoms with Gasteiger partial charge in [-0.1, -0.05) is 11.6 Å². The molecule has 0 aliphatic rings. The molecule has 0 aliphatic heterocycles. The molecule has 0 unspecified atom stereocenters. The summed E-state index contributed by atoms with van der Waals surface area (Å²) in [4.78, 5) is 19.2. The standard InChI is InChI=1S/C18H16ClN5O4/c1-27-13-7-8-15(28-2)14(9-13)23-18-16(24(25)26)17(20-10-21-18)22-12-5-3-11(19)4-6-12/h3-10H,1-2H3,(H2,20,21,22,23). The number of nitrogens with one attached hydrogen (secondary N) is 2. The van der Waals surface area contributed by atoms with Gasteiger partial charge < -0.3 is 20.1 Å². The Labute approximate surface area is 165 Å². The van der Waals surface area contributed by atoms with E-state index in [2.05, 4.69) is 20.6 Å². The van der Waals surface area contributed by atoms with Gasteiger partial charge in [-0.25, -0.2) is 9.97 Å². The highest BCUT2D eigenvalue weighted by molar-refractivity contribution is 6.30. The Morgan fingerprint density at radius 1 is 1.00 bits per heavy atom. The number of ether oxygens (including phenoxy) is 2.